The second kappa shape index (κ2) is 9.83. The molecule has 1 unspecified atom stereocenters. The van der Waals surface area contributed by atoms with Crippen LogP contribution in [0.1, 0.15) is 17.7 Å². The van der Waals surface area contributed by atoms with Gasteiger partial charge in [0, 0.05) is 52.2 Å². The summed E-state index contributed by atoms with van der Waals surface area (Å²) in [6.07, 6.45) is 0.529. The van der Waals surface area contributed by atoms with E-state index in [-0.39, 0.29) is 24.4 Å². The second-order valence-corrected chi connectivity index (χ2v) is 9.14. The lowest BCUT2D eigenvalue weighted by atomic mass is 10.1. The minimum absolute atomic E-state index is 0. The van der Waals surface area contributed by atoms with Crippen molar-refractivity contribution < 1.29 is 4.79 Å². The Morgan fingerprint density at radius 1 is 1.44 bits per heavy atom. The fourth-order valence-corrected chi connectivity index (χ4v) is 5.35. The van der Waals surface area contributed by atoms with Crippen molar-refractivity contribution in [2.24, 2.45) is 0 Å². The molecule has 1 atom stereocenters. The topological polar surface area (TPSA) is 54.0 Å². The van der Waals surface area contributed by atoms with Gasteiger partial charge in [-0.25, -0.2) is 4.98 Å². The monoisotopic (exact) mass is 415 g/mol. The average Bonchev–Trinajstić information content (AvgIpc) is 2.96. The Balaban J connectivity index is 0.00000225. The first-order valence-corrected chi connectivity index (χ1v) is 10.8. The highest BCUT2D eigenvalue weighted by Gasteiger charge is 2.17. The van der Waals surface area contributed by atoms with Crippen LogP contribution in [0.3, 0.4) is 0 Å². The smallest absolute Gasteiger partial charge is 0.225 e. The van der Waals surface area contributed by atoms with Crippen molar-refractivity contribution in [3.05, 3.63) is 34.8 Å². The van der Waals surface area contributed by atoms with Gasteiger partial charge in [-0.1, -0.05) is 11.8 Å². The number of thioether (sulfide) groups is 1. The molecule has 0 spiro atoms. The summed E-state index contributed by atoms with van der Waals surface area (Å²) < 4.78 is 1.05. The number of benzene rings is 1. The first-order chi connectivity index (χ1) is 11.6. The third kappa shape index (κ3) is 6.18. The number of aryl methyl sites for hydroxylation is 2. The van der Waals surface area contributed by atoms with Crippen LogP contribution in [0.4, 0.5) is 5.69 Å². The minimum Gasteiger partial charge on any atom is -0.326 e. The van der Waals surface area contributed by atoms with Crippen LogP contribution in [0.15, 0.2) is 32.8 Å². The Labute approximate surface area is 167 Å². The maximum atomic E-state index is 12.2. The third-order valence-corrected chi connectivity index (χ3v) is 6.88. The molecule has 0 bridgehead atoms. The number of aromatic nitrogens is 1. The summed E-state index contributed by atoms with van der Waals surface area (Å²) in [7, 11) is 0. The normalized spacial score (nSPS) is 17.0. The van der Waals surface area contributed by atoms with Gasteiger partial charge in [-0.05, 0) is 37.6 Å². The fourth-order valence-electron chi connectivity index (χ4n) is 2.50. The van der Waals surface area contributed by atoms with Crippen LogP contribution >= 0.6 is 47.3 Å². The van der Waals surface area contributed by atoms with Gasteiger partial charge in [0.05, 0.1) is 0 Å². The molecular formula is C17H22ClN3OS3. The highest BCUT2D eigenvalue weighted by atomic mass is 35.5. The van der Waals surface area contributed by atoms with Crippen molar-refractivity contribution in [3.63, 3.8) is 0 Å². The number of anilines is 1. The zero-order valence-corrected chi connectivity index (χ0v) is 17.5. The van der Waals surface area contributed by atoms with Gasteiger partial charge in [0.2, 0.25) is 5.91 Å². The standard InChI is InChI=1S/C17H21N3OS3.ClH/c1-11-7-14(24-17-19-12(2)9-23-17)3-4-15(11)20-16(21)8-13-10-22-6-5-18-13;/h3-4,7,9,13,18H,5-6,8,10H2,1-2H3,(H,20,21);1H. The fraction of sp³-hybridized carbons (Fsp3) is 0.412. The number of nitrogens with one attached hydrogen (secondary N) is 2. The molecule has 1 aromatic heterocycles. The number of hydrogen-bond acceptors (Lipinski definition) is 6. The van der Waals surface area contributed by atoms with Crippen LogP contribution in [0.5, 0.6) is 0 Å². The number of halogens is 1. The summed E-state index contributed by atoms with van der Waals surface area (Å²) >= 11 is 5.23. The Morgan fingerprint density at radius 3 is 2.92 bits per heavy atom. The Hall–Kier alpha value is -0.730. The third-order valence-electron chi connectivity index (χ3n) is 3.71. The largest absolute Gasteiger partial charge is 0.326 e. The molecule has 1 amide bonds. The van der Waals surface area contributed by atoms with Gasteiger partial charge in [-0.2, -0.15) is 11.8 Å². The van der Waals surface area contributed by atoms with E-state index in [2.05, 4.69) is 27.1 Å². The Morgan fingerprint density at radius 2 is 2.28 bits per heavy atom. The number of carbonyl (C=O) groups is 1. The molecule has 1 aliphatic heterocycles. The van der Waals surface area contributed by atoms with Gasteiger partial charge < -0.3 is 10.6 Å². The molecule has 2 N–H and O–H groups in total. The molecule has 2 aromatic rings. The van der Waals surface area contributed by atoms with Crippen LogP contribution in [0.2, 0.25) is 0 Å². The van der Waals surface area contributed by atoms with Crippen molar-refractivity contribution in [3.8, 4) is 0 Å². The van der Waals surface area contributed by atoms with E-state index in [0.717, 1.165) is 44.2 Å². The summed E-state index contributed by atoms with van der Waals surface area (Å²) in [5.74, 6) is 2.22. The minimum atomic E-state index is 0. The zero-order chi connectivity index (χ0) is 16.9. The molecule has 1 fully saturated rings. The first kappa shape index (κ1) is 20.6. The molecule has 4 nitrogen and oxygen atoms in total. The molecule has 0 radical (unpaired) electrons. The highest BCUT2D eigenvalue weighted by molar-refractivity contribution is 8.01. The molecule has 136 valence electrons. The quantitative estimate of drug-likeness (QED) is 0.759. The van der Waals surface area contributed by atoms with E-state index in [9.17, 15) is 4.79 Å². The lowest BCUT2D eigenvalue weighted by Gasteiger charge is -2.22. The van der Waals surface area contributed by atoms with Gasteiger partial charge in [0.1, 0.15) is 0 Å². The molecule has 1 aromatic carbocycles. The average molecular weight is 416 g/mol. The van der Waals surface area contributed by atoms with E-state index in [4.69, 9.17) is 0 Å². The molecule has 1 saturated heterocycles. The lowest BCUT2D eigenvalue weighted by molar-refractivity contribution is -0.116. The van der Waals surface area contributed by atoms with Crippen LogP contribution in [-0.2, 0) is 4.79 Å². The molecular weight excluding hydrogens is 394 g/mol. The SMILES string of the molecule is Cc1csc(Sc2ccc(NC(=O)CC3CSCCN3)c(C)c2)n1.Cl. The summed E-state index contributed by atoms with van der Waals surface area (Å²) in [5.41, 5.74) is 3.02. The predicted molar refractivity (Wildman–Crippen MR) is 112 cm³/mol. The summed E-state index contributed by atoms with van der Waals surface area (Å²) in [5, 5.41) is 8.50. The van der Waals surface area contributed by atoms with E-state index in [1.165, 1.54) is 0 Å². The number of carbonyl (C=O) groups excluding carboxylic acids is 1. The molecule has 8 heteroatoms. The highest BCUT2D eigenvalue weighted by Crippen LogP contribution is 2.32. The Bertz CT molecular complexity index is 717. The van der Waals surface area contributed by atoms with E-state index in [0.29, 0.717) is 6.42 Å². The van der Waals surface area contributed by atoms with Gasteiger partial charge in [0.15, 0.2) is 4.34 Å². The molecule has 3 rings (SSSR count). The second-order valence-electron chi connectivity index (χ2n) is 5.81. The van der Waals surface area contributed by atoms with Crippen molar-refractivity contribution >= 4 is 58.9 Å². The van der Waals surface area contributed by atoms with Crippen LogP contribution in [-0.4, -0.2) is 35.0 Å². The van der Waals surface area contributed by atoms with Gasteiger partial charge in [-0.3, -0.25) is 4.79 Å². The Kier molecular flexibility index (Phi) is 8.09. The molecule has 0 aliphatic carbocycles. The van der Waals surface area contributed by atoms with Crippen LogP contribution < -0.4 is 10.6 Å². The van der Waals surface area contributed by atoms with E-state index in [1.807, 2.05) is 37.7 Å². The van der Waals surface area contributed by atoms with E-state index >= 15 is 0 Å². The van der Waals surface area contributed by atoms with Crippen molar-refractivity contribution in [1.29, 1.82) is 0 Å². The van der Waals surface area contributed by atoms with Crippen molar-refractivity contribution in [2.75, 3.05) is 23.4 Å². The summed E-state index contributed by atoms with van der Waals surface area (Å²) in [6, 6.07) is 6.41. The first-order valence-electron chi connectivity index (χ1n) is 7.92. The van der Waals surface area contributed by atoms with E-state index < -0.39 is 0 Å². The molecule has 25 heavy (non-hydrogen) atoms. The summed E-state index contributed by atoms with van der Waals surface area (Å²) in [6.45, 7) is 5.02. The number of thiazole rings is 1. The number of rotatable bonds is 5. The van der Waals surface area contributed by atoms with Crippen molar-refractivity contribution in [2.45, 2.75) is 35.5 Å². The maximum absolute atomic E-state index is 12.2. The molecule has 0 saturated carbocycles. The number of hydrogen-bond donors (Lipinski definition) is 2. The van der Waals surface area contributed by atoms with Gasteiger partial charge in [0.25, 0.3) is 0 Å². The van der Waals surface area contributed by atoms with Crippen LogP contribution in [0, 0.1) is 13.8 Å². The number of nitrogens with zero attached hydrogens (tertiary/aromatic N) is 1. The van der Waals surface area contributed by atoms with Gasteiger partial charge >= 0.3 is 0 Å². The van der Waals surface area contributed by atoms with Crippen LogP contribution in [0.25, 0.3) is 0 Å². The molecule has 1 aliphatic rings. The predicted octanol–water partition coefficient (Wildman–Crippen LogP) is 4.37. The molecule has 2 heterocycles. The summed E-state index contributed by atoms with van der Waals surface area (Å²) in [4.78, 5) is 17.9. The lowest BCUT2D eigenvalue weighted by Crippen LogP contribution is -2.39. The van der Waals surface area contributed by atoms with Gasteiger partial charge in [-0.15, -0.1) is 23.7 Å². The maximum Gasteiger partial charge on any atom is 0.225 e. The zero-order valence-electron chi connectivity index (χ0n) is 14.2. The van der Waals surface area contributed by atoms with Crippen molar-refractivity contribution in [1.82, 2.24) is 10.3 Å². The number of amides is 1. The van der Waals surface area contributed by atoms with E-state index in [1.54, 1.807) is 23.1 Å².